The van der Waals surface area contributed by atoms with E-state index in [1.165, 1.54) is 0 Å². The van der Waals surface area contributed by atoms with Gasteiger partial charge in [0, 0.05) is 0 Å². The molecule has 2 amide bonds. The Morgan fingerprint density at radius 2 is 1.60 bits per heavy atom. The van der Waals surface area contributed by atoms with Crippen molar-refractivity contribution >= 4 is 17.8 Å². The minimum absolute atomic E-state index is 0.0930. The van der Waals surface area contributed by atoms with Crippen LogP contribution in [0.5, 0.6) is 0 Å². The summed E-state index contributed by atoms with van der Waals surface area (Å²) in [6.07, 6.45) is 5.35. The number of aliphatic carboxylic acids is 1. The number of likely N-dealkylation sites (tertiary alicyclic amines) is 1. The molecule has 7 atom stereocenters. The molecule has 1 aromatic carbocycles. The van der Waals surface area contributed by atoms with Crippen molar-refractivity contribution in [3.8, 4) is 0 Å². The minimum atomic E-state index is -1.37. The van der Waals surface area contributed by atoms with E-state index in [1.807, 2.05) is 18.2 Å². The number of amides is 2. The molecule has 1 aliphatic heterocycles. The zero-order valence-electron chi connectivity index (χ0n) is 13.6. The summed E-state index contributed by atoms with van der Waals surface area (Å²) < 4.78 is 0. The smallest absolute Gasteiger partial charge is 0.234 e. The lowest BCUT2D eigenvalue weighted by Gasteiger charge is -2.37. The molecule has 2 saturated carbocycles. The highest BCUT2D eigenvalue weighted by atomic mass is 16.4. The molecule has 1 saturated heterocycles. The Morgan fingerprint density at radius 1 is 1.04 bits per heavy atom. The van der Waals surface area contributed by atoms with Gasteiger partial charge >= 0.3 is 0 Å². The third-order valence-electron chi connectivity index (χ3n) is 6.55. The molecule has 5 nitrogen and oxygen atoms in total. The number of carboxylic acids is 1. The van der Waals surface area contributed by atoms with Gasteiger partial charge in [0.05, 0.1) is 23.8 Å². The highest BCUT2D eigenvalue weighted by Gasteiger charge is 2.67. The number of hydrogen-bond donors (Lipinski definition) is 0. The number of allylic oxidation sites excluding steroid dienone is 2. The number of carboxylic acid groups (broad SMARTS) is 1. The van der Waals surface area contributed by atoms with Gasteiger partial charge in [-0.05, 0) is 42.1 Å². The van der Waals surface area contributed by atoms with Crippen LogP contribution < -0.4 is 5.11 Å². The van der Waals surface area contributed by atoms with Crippen LogP contribution in [0.1, 0.15) is 12.0 Å². The Labute approximate surface area is 145 Å². The van der Waals surface area contributed by atoms with Crippen LogP contribution in [0, 0.1) is 35.5 Å². The standard InChI is InChI=1S/C20H19NO4/c22-18-16-11-6-7-12(14-9-13(11)14)17(16)19(23)21(18)15(20(24)25)8-10-4-2-1-3-5-10/h1-7,11-17H,8-9H2,(H,24,25)/p-1/t11-,12+,13+,14-,15-,16-,17+/m1/s1. The molecule has 5 aliphatic rings. The molecule has 2 bridgehead atoms. The van der Waals surface area contributed by atoms with Crippen LogP contribution in [0.25, 0.3) is 0 Å². The molecule has 0 aromatic heterocycles. The molecule has 25 heavy (non-hydrogen) atoms. The van der Waals surface area contributed by atoms with Crippen LogP contribution in [0.15, 0.2) is 42.5 Å². The van der Waals surface area contributed by atoms with E-state index in [0.29, 0.717) is 11.8 Å². The van der Waals surface area contributed by atoms with E-state index in [9.17, 15) is 19.5 Å². The van der Waals surface area contributed by atoms with Gasteiger partial charge in [0.2, 0.25) is 11.8 Å². The summed E-state index contributed by atoms with van der Waals surface area (Å²) >= 11 is 0. The highest BCUT2D eigenvalue weighted by molar-refractivity contribution is 6.08. The van der Waals surface area contributed by atoms with Crippen molar-refractivity contribution in [2.45, 2.75) is 18.9 Å². The molecule has 0 N–H and O–H groups in total. The number of nitrogens with zero attached hydrogens (tertiary/aromatic N) is 1. The second-order valence-electron chi connectivity index (χ2n) is 7.73. The summed E-state index contributed by atoms with van der Waals surface area (Å²) in [6.45, 7) is 0. The third kappa shape index (κ3) is 1.98. The molecule has 0 radical (unpaired) electrons. The van der Waals surface area contributed by atoms with Gasteiger partial charge in [0.15, 0.2) is 0 Å². The molecule has 0 spiro atoms. The fourth-order valence-electron chi connectivity index (χ4n) is 5.40. The molecular weight excluding hydrogens is 318 g/mol. The van der Waals surface area contributed by atoms with E-state index in [-0.39, 0.29) is 41.9 Å². The maximum Gasteiger partial charge on any atom is 0.234 e. The van der Waals surface area contributed by atoms with Crippen molar-refractivity contribution in [3.05, 3.63) is 48.0 Å². The van der Waals surface area contributed by atoms with E-state index < -0.39 is 12.0 Å². The van der Waals surface area contributed by atoms with Gasteiger partial charge < -0.3 is 9.90 Å². The summed E-state index contributed by atoms with van der Waals surface area (Å²) in [4.78, 5) is 38.8. The Bertz CT molecular complexity index is 765. The maximum atomic E-state index is 13.0. The van der Waals surface area contributed by atoms with E-state index in [1.54, 1.807) is 12.1 Å². The summed E-state index contributed by atoms with van der Waals surface area (Å²) in [5, 5.41) is 11.8. The molecule has 3 fully saturated rings. The van der Waals surface area contributed by atoms with Crippen LogP contribution in [0.4, 0.5) is 0 Å². The first-order valence-electron chi connectivity index (χ1n) is 8.88. The molecular formula is C20H18NO4-. The number of carbonyl (C=O) groups excluding carboxylic acids is 3. The lowest BCUT2D eigenvalue weighted by atomic mass is 9.63. The number of hydrogen-bond acceptors (Lipinski definition) is 4. The second kappa shape index (κ2) is 5.04. The summed E-state index contributed by atoms with van der Waals surface area (Å²) in [6, 6.07) is 7.83. The predicted octanol–water partition coefficient (Wildman–Crippen LogP) is 0.401. The van der Waals surface area contributed by atoms with E-state index in [2.05, 4.69) is 12.2 Å². The lowest BCUT2D eigenvalue weighted by Crippen LogP contribution is -2.52. The van der Waals surface area contributed by atoms with E-state index in [0.717, 1.165) is 16.9 Å². The van der Waals surface area contributed by atoms with Crippen LogP contribution in [-0.4, -0.2) is 28.7 Å². The fraction of sp³-hybridized carbons (Fsp3) is 0.450. The van der Waals surface area contributed by atoms with E-state index in [4.69, 9.17) is 0 Å². The van der Waals surface area contributed by atoms with E-state index >= 15 is 0 Å². The molecule has 4 aliphatic carbocycles. The summed E-state index contributed by atoms with van der Waals surface area (Å²) in [7, 11) is 0. The van der Waals surface area contributed by atoms with Gasteiger partial charge in [-0.25, -0.2) is 0 Å². The van der Waals surface area contributed by atoms with Crippen molar-refractivity contribution in [2.75, 3.05) is 0 Å². The zero-order valence-corrected chi connectivity index (χ0v) is 13.6. The number of rotatable bonds is 4. The molecule has 1 aromatic rings. The first kappa shape index (κ1) is 14.9. The third-order valence-corrected chi connectivity index (χ3v) is 6.55. The number of imide groups is 1. The zero-order chi connectivity index (χ0) is 17.3. The lowest BCUT2D eigenvalue weighted by molar-refractivity contribution is -0.310. The monoisotopic (exact) mass is 336 g/mol. The molecule has 6 rings (SSSR count). The van der Waals surface area contributed by atoms with Crippen LogP contribution in [0.3, 0.4) is 0 Å². The van der Waals surface area contributed by atoms with Crippen molar-refractivity contribution in [2.24, 2.45) is 35.5 Å². The van der Waals surface area contributed by atoms with Gasteiger partial charge in [-0.15, -0.1) is 0 Å². The van der Waals surface area contributed by atoms with Crippen molar-refractivity contribution in [1.82, 2.24) is 4.90 Å². The van der Waals surface area contributed by atoms with Gasteiger partial charge in [-0.3, -0.25) is 14.5 Å². The normalized spacial score (nSPS) is 38.5. The second-order valence-corrected chi connectivity index (χ2v) is 7.73. The topological polar surface area (TPSA) is 77.5 Å². The number of benzene rings is 1. The van der Waals surface area contributed by atoms with Crippen molar-refractivity contribution < 1.29 is 19.5 Å². The van der Waals surface area contributed by atoms with Gasteiger partial charge in [0.25, 0.3) is 0 Å². The Kier molecular flexibility index (Phi) is 3.00. The van der Waals surface area contributed by atoms with Gasteiger partial charge in [-0.1, -0.05) is 42.5 Å². The predicted molar refractivity (Wildman–Crippen MR) is 85.5 cm³/mol. The molecule has 1 heterocycles. The quantitative estimate of drug-likeness (QED) is 0.589. The maximum absolute atomic E-state index is 13.0. The minimum Gasteiger partial charge on any atom is -0.548 e. The highest BCUT2D eigenvalue weighted by Crippen LogP contribution is 2.65. The average molecular weight is 336 g/mol. The van der Waals surface area contributed by atoms with Crippen molar-refractivity contribution in [1.29, 1.82) is 0 Å². The largest absolute Gasteiger partial charge is 0.548 e. The van der Waals surface area contributed by atoms with Crippen molar-refractivity contribution in [3.63, 3.8) is 0 Å². The average Bonchev–Trinajstić information content (AvgIpc) is 3.39. The molecule has 128 valence electrons. The Morgan fingerprint density at radius 3 is 2.12 bits per heavy atom. The van der Waals surface area contributed by atoms with Gasteiger partial charge in [0.1, 0.15) is 0 Å². The first-order chi connectivity index (χ1) is 12.1. The van der Waals surface area contributed by atoms with Crippen LogP contribution in [0.2, 0.25) is 0 Å². The molecule has 0 unspecified atom stereocenters. The first-order valence-corrected chi connectivity index (χ1v) is 8.88. The van der Waals surface area contributed by atoms with Gasteiger partial charge in [-0.2, -0.15) is 0 Å². The van der Waals surface area contributed by atoms with Crippen LogP contribution in [-0.2, 0) is 20.8 Å². The Balaban J connectivity index is 1.48. The molecule has 5 heteroatoms. The Hall–Kier alpha value is -2.43. The summed E-state index contributed by atoms with van der Waals surface area (Å²) in [5.41, 5.74) is 0.774. The number of carbonyl (C=O) groups is 3. The van der Waals surface area contributed by atoms with Crippen LogP contribution >= 0.6 is 0 Å². The summed E-state index contributed by atoms with van der Waals surface area (Å²) in [5.74, 6) is -1.54. The SMILES string of the molecule is O=C([O-])[C@@H](Cc1ccccc1)N1C(=O)[C@@H]2[C@@H]3C=C[C@@H]([C@H]4C[C@@H]34)[C@@H]2C1=O. The fourth-order valence-corrected chi connectivity index (χ4v) is 5.40.